The first-order valence-electron chi connectivity index (χ1n) is 10.6. The van der Waals surface area contributed by atoms with Crippen LogP contribution in [0.3, 0.4) is 0 Å². The van der Waals surface area contributed by atoms with Crippen molar-refractivity contribution in [2.24, 2.45) is 0 Å². The zero-order chi connectivity index (χ0) is 22.6. The van der Waals surface area contributed by atoms with Crippen LogP contribution in [0.15, 0.2) is 78.4 Å². The standard InChI is InChI=1S/C23H22N8O2/c32-22-14-19(18-4-2-1-3-5-18)25-17-31(22)15-23(33)29-12-10-28(11-13-29)20-6-7-21(27-26-20)30-9-8-24-16-30/h1-9,14,16-17H,10-13,15H2. The average Bonchev–Trinajstić information content (AvgIpc) is 3.41. The summed E-state index contributed by atoms with van der Waals surface area (Å²) < 4.78 is 3.14. The fourth-order valence-corrected chi connectivity index (χ4v) is 3.76. The van der Waals surface area contributed by atoms with Crippen molar-refractivity contribution in [2.45, 2.75) is 6.54 Å². The molecule has 0 atom stereocenters. The van der Waals surface area contributed by atoms with Gasteiger partial charge in [0.05, 0.1) is 12.0 Å². The Morgan fingerprint density at radius 2 is 1.67 bits per heavy atom. The molecule has 1 saturated heterocycles. The van der Waals surface area contributed by atoms with Crippen LogP contribution in [0.5, 0.6) is 0 Å². The van der Waals surface area contributed by atoms with Gasteiger partial charge in [-0.1, -0.05) is 30.3 Å². The summed E-state index contributed by atoms with van der Waals surface area (Å²) in [6.45, 7) is 2.36. The molecular weight excluding hydrogens is 420 g/mol. The summed E-state index contributed by atoms with van der Waals surface area (Å²) in [5.74, 6) is 1.36. The average molecular weight is 442 g/mol. The van der Waals surface area contributed by atoms with Crippen LogP contribution >= 0.6 is 0 Å². The number of benzene rings is 1. The number of piperazine rings is 1. The molecule has 5 rings (SSSR count). The molecule has 0 bridgehead atoms. The Labute approximate surface area is 189 Å². The maximum Gasteiger partial charge on any atom is 0.254 e. The summed E-state index contributed by atoms with van der Waals surface area (Å²) >= 11 is 0. The molecular formula is C23H22N8O2. The Morgan fingerprint density at radius 1 is 0.909 bits per heavy atom. The van der Waals surface area contributed by atoms with Gasteiger partial charge < -0.3 is 9.80 Å². The maximum atomic E-state index is 12.8. The molecule has 1 amide bonds. The molecule has 0 aliphatic carbocycles. The van der Waals surface area contributed by atoms with Gasteiger partial charge in [-0.3, -0.25) is 18.7 Å². The third kappa shape index (κ3) is 4.49. The van der Waals surface area contributed by atoms with Gasteiger partial charge in [-0.15, -0.1) is 10.2 Å². The van der Waals surface area contributed by atoms with Crippen molar-refractivity contribution in [3.63, 3.8) is 0 Å². The topological polar surface area (TPSA) is 102 Å². The van der Waals surface area contributed by atoms with Crippen LogP contribution in [-0.2, 0) is 11.3 Å². The lowest BCUT2D eigenvalue weighted by Gasteiger charge is -2.35. The third-order valence-electron chi connectivity index (χ3n) is 5.62. The second-order valence-electron chi connectivity index (χ2n) is 7.69. The highest BCUT2D eigenvalue weighted by Crippen LogP contribution is 2.15. The monoisotopic (exact) mass is 442 g/mol. The molecule has 0 N–H and O–H groups in total. The number of anilines is 1. The summed E-state index contributed by atoms with van der Waals surface area (Å²) in [5, 5.41) is 8.56. The van der Waals surface area contributed by atoms with Gasteiger partial charge in [-0.05, 0) is 12.1 Å². The van der Waals surface area contributed by atoms with Gasteiger partial charge >= 0.3 is 0 Å². The molecule has 1 fully saturated rings. The Kier molecular flexibility index (Phi) is 5.62. The van der Waals surface area contributed by atoms with Gasteiger partial charge in [0.2, 0.25) is 5.91 Å². The second kappa shape index (κ2) is 9.03. The Balaban J connectivity index is 1.18. The van der Waals surface area contributed by atoms with E-state index in [1.54, 1.807) is 22.0 Å². The fourth-order valence-electron chi connectivity index (χ4n) is 3.76. The number of aromatic nitrogens is 6. The van der Waals surface area contributed by atoms with E-state index in [9.17, 15) is 9.59 Å². The summed E-state index contributed by atoms with van der Waals surface area (Å²) in [7, 11) is 0. The van der Waals surface area contributed by atoms with Crippen molar-refractivity contribution in [1.29, 1.82) is 0 Å². The van der Waals surface area contributed by atoms with Gasteiger partial charge in [0.15, 0.2) is 11.6 Å². The van der Waals surface area contributed by atoms with E-state index in [0.29, 0.717) is 37.7 Å². The van der Waals surface area contributed by atoms with E-state index >= 15 is 0 Å². The number of carbonyl (C=O) groups excluding carboxylic acids is 1. The molecule has 1 aliphatic rings. The zero-order valence-corrected chi connectivity index (χ0v) is 17.9. The molecule has 4 heterocycles. The minimum atomic E-state index is -0.246. The Hall–Kier alpha value is -4.34. The summed E-state index contributed by atoms with van der Waals surface area (Å²) in [5.41, 5.74) is 1.22. The van der Waals surface area contributed by atoms with Crippen molar-refractivity contribution in [3.8, 4) is 17.1 Å². The van der Waals surface area contributed by atoms with Gasteiger partial charge in [0.1, 0.15) is 12.9 Å². The van der Waals surface area contributed by atoms with Crippen LogP contribution in [0.2, 0.25) is 0 Å². The Bertz CT molecular complexity index is 1280. The molecule has 1 aliphatic heterocycles. The Morgan fingerprint density at radius 3 is 2.33 bits per heavy atom. The van der Waals surface area contributed by atoms with Crippen molar-refractivity contribution in [2.75, 3.05) is 31.1 Å². The summed E-state index contributed by atoms with van der Waals surface area (Å²) in [6.07, 6.45) is 6.61. The van der Waals surface area contributed by atoms with Gasteiger partial charge in [0.25, 0.3) is 5.56 Å². The van der Waals surface area contributed by atoms with E-state index in [2.05, 4.69) is 25.1 Å². The quantitative estimate of drug-likeness (QED) is 0.458. The molecule has 4 aromatic rings. The predicted octanol–water partition coefficient (Wildman–Crippen LogP) is 1.23. The molecule has 10 heteroatoms. The first-order valence-corrected chi connectivity index (χ1v) is 10.6. The van der Waals surface area contributed by atoms with E-state index in [1.165, 1.54) is 17.0 Å². The fraction of sp³-hybridized carbons (Fsp3) is 0.217. The van der Waals surface area contributed by atoms with Crippen LogP contribution in [-0.4, -0.2) is 66.3 Å². The molecule has 33 heavy (non-hydrogen) atoms. The lowest BCUT2D eigenvalue weighted by molar-refractivity contribution is -0.132. The van der Waals surface area contributed by atoms with E-state index in [-0.39, 0.29) is 18.0 Å². The first kappa shape index (κ1) is 20.6. The van der Waals surface area contributed by atoms with E-state index in [4.69, 9.17) is 0 Å². The normalized spacial score (nSPS) is 13.8. The van der Waals surface area contributed by atoms with Gasteiger partial charge in [-0.25, -0.2) is 9.97 Å². The van der Waals surface area contributed by atoms with Crippen LogP contribution < -0.4 is 10.5 Å². The van der Waals surface area contributed by atoms with Crippen LogP contribution in [0.1, 0.15) is 0 Å². The van der Waals surface area contributed by atoms with Crippen molar-refractivity contribution in [3.05, 3.63) is 83.9 Å². The SMILES string of the molecule is O=C(Cn1cnc(-c2ccccc2)cc1=O)N1CCN(c2ccc(-n3ccnc3)nn2)CC1. The molecule has 0 spiro atoms. The highest BCUT2D eigenvalue weighted by atomic mass is 16.2. The van der Waals surface area contributed by atoms with Gasteiger partial charge in [-0.2, -0.15) is 0 Å². The number of hydrogen-bond donors (Lipinski definition) is 0. The number of imidazole rings is 1. The van der Waals surface area contributed by atoms with E-state index in [0.717, 1.165) is 11.4 Å². The third-order valence-corrected chi connectivity index (χ3v) is 5.62. The number of hydrogen-bond acceptors (Lipinski definition) is 7. The van der Waals surface area contributed by atoms with Crippen molar-refractivity contribution in [1.82, 2.24) is 34.2 Å². The molecule has 3 aromatic heterocycles. The molecule has 166 valence electrons. The lowest BCUT2D eigenvalue weighted by atomic mass is 10.1. The molecule has 0 radical (unpaired) electrons. The number of nitrogens with zero attached hydrogens (tertiary/aromatic N) is 8. The number of carbonyl (C=O) groups is 1. The van der Waals surface area contributed by atoms with Crippen LogP contribution in [0.25, 0.3) is 17.1 Å². The highest BCUT2D eigenvalue weighted by Gasteiger charge is 2.22. The highest BCUT2D eigenvalue weighted by molar-refractivity contribution is 5.76. The van der Waals surface area contributed by atoms with Crippen LogP contribution in [0.4, 0.5) is 5.82 Å². The van der Waals surface area contributed by atoms with Crippen molar-refractivity contribution >= 4 is 11.7 Å². The largest absolute Gasteiger partial charge is 0.352 e. The minimum absolute atomic E-state index is 0.0275. The number of amides is 1. The molecule has 0 unspecified atom stereocenters. The van der Waals surface area contributed by atoms with Crippen LogP contribution in [0, 0.1) is 0 Å². The maximum absolute atomic E-state index is 12.8. The predicted molar refractivity (Wildman–Crippen MR) is 122 cm³/mol. The number of rotatable bonds is 5. The summed E-state index contributed by atoms with van der Waals surface area (Å²) in [4.78, 5) is 37.5. The first-order chi connectivity index (χ1) is 16.2. The van der Waals surface area contributed by atoms with Crippen molar-refractivity contribution < 1.29 is 4.79 Å². The lowest BCUT2D eigenvalue weighted by Crippen LogP contribution is -2.50. The zero-order valence-electron chi connectivity index (χ0n) is 17.9. The van der Waals surface area contributed by atoms with E-state index < -0.39 is 0 Å². The molecule has 10 nitrogen and oxygen atoms in total. The second-order valence-corrected chi connectivity index (χ2v) is 7.69. The van der Waals surface area contributed by atoms with E-state index in [1.807, 2.05) is 48.7 Å². The van der Waals surface area contributed by atoms with Gasteiger partial charge in [0, 0.05) is 50.2 Å². The molecule has 1 aromatic carbocycles. The summed E-state index contributed by atoms with van der Waals surface area (Å²) in [6, 6.07) is 14.8. The minimum Gasteiger partial charge on any atom is -0.352 e. The smallest absolute Gasteiger partial charge is 0.254 e. The molecule has 0 saturated carbocycles.